The Morgan fingerprint density at radius 3 is 2.94 bits per heavy atom. The third-order valence-corrected chi connectivity index (χ3v) is 2.93. The van der Waals surface area contributed by atoms with Gasteiger partial charge in [0.05, 0.1) is 6.61 Å². The van der Waals surface area contributed by atoms with Crippen LogP contribution in [-0.2, 0) is 16.1 Å². The molecule has 3 N–H and O–H groups in total. The Kier molecular flexibility index (Phi) is 6.18. The molecule has 1 aromatic rings. The first-order valence-corrected chi connectivity index (χ1v) is 6.20. The van der Waals surface area contributed by atoms with E-state index in [1.165, 1.54) is 11.1 Å². The van der Waals surface area contributed by atoms with E-state index in [9.17, 15) is 4.79 Å². The highest BCUT2D eigenvalue weighted by Gasteiger charge is 1.99. The number of amides is 1. The quantitative estimate of drug-likeness (QED) is 0.747. The van der Waals surface area contributed by atoms with E-state index in [4.69, 9.17) is 10.5 Å². The van der Waals surface area contributed by atoms with Crippen LogP contribution in [0.3, 0.4) is 0 Å². The third kappa shape index (κ3) is 5.81. The lowest BCUT2D eigenvalue weighted by Gasteiger charge is -2.07. The van der Waals surface area contributed by atoms with E-state index < -0.39 is 5.91 Å². The lowest BCUT2D eigenvalue weighted by molar-refractivity contribution is -0.122. The largest absolute Gasteiger partial charge is 0.370 e. The standard InChI is InChI=1S/C12H17BrN2O2/c1-9-2-3-10(11(13)6-9)7-15-4-5-17-8-12(14)16/h2-3,6,15H,4-5,7-8H2,1H3,(H2,14,16). The molecule has 1 amide bonds. The molecule has 0 saturated heterocycles. The average Bonchev–Trinajstić information content (AvgIpc) is 2.25. The number of carbonyl (C=O) groups excluding carboxylic acids is 1. The summed E-state index contributed by atoms with van der Waals surface area (Å²) in [5.74, 6) is -0.439. The Balaban J connectivity index is 2.20. The van der Waals surface area contributed by atoms with Crippen LogP contribution in [0.4, 0.5) is 0 Å². The minimum absolute atomic E-state index is 0.0180. The van der Waals surface area contributed by atoms with Crippen LogP contribution in [0.15, 0.2) is 22.7 Å². The molecule has 0 aromatic heterocycles. The monoisotopic (exact) mass is 300 g/mol. The molecule has 0 fully saturated rings. The van der Waals surface area contributed by atoms with Gasteiger partial charge in [-0.25, -0.2) is 0 Å². The maximum absolute atomic E-state index is 10.4. The number of ether oxygens (including phenoxy) is 1. The second-order valence-corrected chi connectivity index (χ2v) is 4.64. The summed E-state index contributed by atoms with van der Waals surface area (Å²) in [6.45, 7) is 3.97. The van der Waals surface area contributed by atoms with Gasteiger partial charge in [0.25, 0.3) is 0 Å². The zero-order valence-corrected chi connectivity index (χ0v) is 11.4. The fourth-order valence-electron chi connectivity index (χ4n) is 1.34. The summed E-state index contributed by atoms with van der Waals surface area (Å²) >= 11 is 3.52. The Hall–Kier alpha value is -0.910. The molecule has 5 heteroatoms. The first-order chi connectivity index (χ1) is 8.09. The van der Waals surface area contributed by atoms with E-state index in [1.54, 1.807) is 0 Å². The summed E-state index contributed by atoms with van der Waals surface area (Å²) in [5, 5.41) is 3.23. The van der Waals surface area contributed by atoms with Crippen LogP contribution in [-0.4, -0.2) is 25.7 Å². The number of benzene rings is 1. The maximum atomic E-state index is 10.4. The molecule has 0 aliphatic heterocycles. The van der Waals surface area contributed by atoms with Gasteiger partial charge in [0.2, 0.25) is 5.91 Å². The van der Waals surface area contributed by atoms with Crippen LogP contribution in [0.25, 0.3) is 0 Å². The van der Waals surface area contributed by atoms with Gasteiger partial charge in [-0.05, 0) is 24.1 Å². The van der Waals surface area contributed by atoms with Crippen LogP contribution >= 0.6 is 15.9 Å². The van der Waals surface area contributed by atoms with Crippen molar-refractivity contribution >= 4 is 21.8 Å². The van der Waals surface area contributed by atoms with E-state index in [-0.39, 0.29) is 6.61 Å². The molecule has 0 spiro atoms. The summed E-state index contributed by atoms with van der Waals surface area (Å²) in [6.07, 6.45) is 0. The first kappa shape index (κ1) is 14.2. The smallest absolute Gasteiger partial charge is 0.243 e. The predicted octanol–water partition coefficient (Wildman–Crippen LogP) is 1.35. The molecule has 94 valence electrons. The molecule has 0 atom stereocenters. The highest BCUT2D eigenvalue weighted by molar-refractivity contribution is 9.10. The highest BCUT2D eigenvalue weighted by atomic mass is 79.9. The second-order valence-electron chi connectivity index (χ2n) is 3.79. The first-order valence-electron chi connectivity index (χ1n) is 5.41. The number of carbonyl (C=O) groups is 1. The van der Waals surface area contributed by atoms with Crippen LogP contribution in [0, 0.1) is 6.92 Å². The highest BCUT2D eigenvalue weighted by Crippen LogP contribution is 2.17. The molecule has 0 bridgehead atoms. The van der Waals surface area contributed by atoms with Crippen molar-refractivity contribution in [2.24, 2.45) is 5.73 Å². The lowest BCUT2D eigenvalue weighted by atomic mass is 10.1. The van der Waals surface area contributed by atoms with E-state index in [0.717, 1.165) is 11.0 Å². The Morgan fingerprint density at radius 1 is 1.53 bits per heavy atom. The maximum Gasteiger partial charge on any atom is 0.243 e. The summed E-state index contributed by atoms with van der Waals surface area (Å²) in [6, 6.07) is 6.24. The summed E-state index contributed by atoms with van der Waals surface area (Å²) < 4.78 is 6.13. The SMILES string of the molecule is Cc1ccc(CNCCOCC(N)=O)c(Br)c1. The van der Waals surface area contributed by atoms with Crippen molar-refractivity contribution in [3.8, 4) is 0 Å². The van der Waals surface area contributed by atoms with Gasteiger partial charge >= 0.3 is 0 Å². The van der Waals surface area contributed by atoms with E-state index >= 15 is 0 Å². The van der Waals surface area contributed by atoms with Crippen molar-refractivity contribution in [2.75, 3.05) is 19.8 Å². The van der Waals surface area contributed by atoms with Crippen molar-refractivity contribution in [1.82, 2.24) is 5.32 Å². The number of rotatable bonds is 7. The lowest BCUT2D eigenvalue weighted by Crippen LogP contribution is -2.23. The fraction of sp³-hybridized carbons (Fsp3) is 0.417. The van der Waals surface area contributed by atoms with Gasteiger partial charge in [-0.1, -0.05) is 28.1 Å². The molecule has 0 unspecified atom stereocenters. The Morgan fingerprint density at radius 2 is 2.29 bits per heavy atom. The number of halogens is 1. The van der Waals surface area contributed by atoms with Crippen molar-refractivity contribution in [2.45, 2.75) is 13.5 Å². The zero-order chi connectivity index (χ0) is 12.7. The molecular weight excluding hydrogens is 284 g/mol. The molecule has 0 aliphatic carbocycles. The van der Waals surface area contributed by atoms with Crippen molar-refractivity contribution in [3.63, 3.8) is 0 Å². The molecule has 4 nitrogen and oxygen atoms in total. The number of primary amides is 1. The summed E-state index contributed by atoms with van der Waals surface area (Å²) in [7, 11) is 0. The van der Waals surface area contributed by atoms with Crippen molar-refractivity contribution in [1.29, 1.82) is 0 Å². The Labute approximate surface area is 110 Å². The van der Waals surface area contributed by atoms with Gasteiger partial charge in [0, 0.05) is 17.6 Å². The van der Waals surface area contributed by atoms with Crippen LogP contribution in [0.5, 0.6) is 0 Å². The number of nitrogens with two attached hydrogens (primary N) is 1. The van der Waals surface area contributed by atoms with Crippen LogP contribution < -0.4 is 11.1 Å². The molecular formula is C12H17BrN2O2. The van der Waals surface area contributed by atoms with Crippen LogP contribution in [0.2, 0.25) is 0 Å². The topological polar surface area (TPSA) is 64.3 Å². The fourth-order valence-corrected chi connectivity index (χ4v) is 1.97. The molecule has 17 heavy (non-hydrogen) atoms. The number of hydrogen-bond donors (Lipinski definition) is 2. The second kappa shape index (κ2) is 7.42. The van der Waals surface area contributed by atoms with Gasteiger partial charge in [0.15, 0.2) is 0 Å². The Bertz CT molecular complexity index is 383. The van der Waals surface area contributed by atoms with Gasteiger partial charge in [-0.3, -0.25) is 4.79 Å². The van der Waals surface area contributed by atoms with E-state index in [0.29, 0.717) is 13.2 Å². The predicted molar refractivity (Wildman–Crippen MR) is 70.6 cm³/mol. The normalized spacial score (nSPS) is 10.5. The van der Waals surface area contributed by atoms with Crippen LogP contribution in [0.1, 0.15) is 11.1 Å². The summed E-state index contributed by atoms with van der Waals surface area (Å²) in [4.78, 5) is 10.4. The molecule has 0 saturated carbocycles. The van der Waals surface area contributed by atoms with Gasteiger partial charge in [0.1, 0.15) is 6.61 Å². The van der Waals surface area contributed by atoms with Crippen molar-refractivity contribution in [3.05, 3.63) is 33.8 Å². The van der Waals surface area contributed by atoms with Gasteiger partial charge in [-0.2, -0.15) is 0 Å². The number of hydrogen-bond acceptors (Lipinski definition) is 3. The molecule has 1 aromatic carbocycles. The van der Waals surface area contributed by atoms with E-state index in [2.05, 4.69) is 46.4 Å². The average molecular weight is 301 g/mol. The van der Waals surface area contributed by atoms with Crippen molar-refractivity contribution < 1.29 is 9.53 Å². The minimum Gasteiger partial charge on any atom is -0.370 e. The van der Waals surface area contributed by atoms with Gasteiger partial charge in [-0.15, -0.1) is 0 Å². The molecule has 0 aliphatic rings. The van der Waals surface area contributed by atoms with E-state index in [1.807, 2.05) is 0 Å². The molecule has 1 rings (SSSR count). The van der Waals surface area contributed by atoms with Gasteiger partial charge < -0.3 is 15.8 Å². The number of nitrogens with one attached hydrogen (secondary N) is 1. The molecule has 0 radical (unpaired) electrons. The summed E-state index contributed by atoms with van der Waals surface area (Å²) in [5.41, 5.74) is 7.37. The number of aryl methyl sites for hydroxylation is 1. The zero-order valence-electron chi connectivity index (χ0n) is 9.83. The minimum atomic E-state index is -0.439. The third-order valence-electron chi connectivity index (χ3n) is 2.19. The molecule has 0 heterocycles.